The average molecular weight is 517 g/mol. The Morgan fingerprint density at radius 1 is 0.921 bits per heavy atom. The maximum atomic E-state index is 13.4. The highest BCUT2D eigenvalue weighted by Gasteiger charge is 2.45. The van der Waals surface area contributed by atoms with Crippen LogP contribution in [0.4, 0.5) is 0 Å². The van der Waals surface area contributed by atoms with E-state index in [4.69, 9.17) is 9.47 Å². The maximum Gasteiger partial charge on any atom is 0.295 e. The van der Waals surface area contributed by atoms with Crippen molar-refractivity contribution >= 4 is 28.2 Å². The van der Waals surface area contributed by atoms with Crippen LogP contribution in [0.1, 0.15) is 44.4 Å². The van der Waals surface area contributed by atoms with Crippen LogP contribution in [0.25, 0.3) is 16.5 Å². The second kappa shape index (κ2) is 12.1. The largest absolute Gasteiger partial charge is 0.507 e. The van der Waals surface area contributed by atoms with Gasteiger partial charge in [-0.05, 0) is 79.6 Å². The Bertz CT molecular complexity index is 1330. The molecule has 1 heterocycles. The van der Waals surface area contributed by atoms with E-state index in [-0.39, 0.29) is 11.3 Å². The molecule has 38 heavy (non-hydrogen) atoms. The first-order chi connectivity index (χ1) is 18.4. The van der Waals surface area contributed by atoms with Gasteiger partial charge in [-0.1, -0.05) is 44.2 Å². The van der Waals surface area contributed by atoms with Crippen molar-refractivity contribution in [1.82, 2.24) is 9.80 Å². The molecule has 1 amide bonds. The summed E-state index contributed by atoms with van der Waals surface area (Å²) in [5.74, 6) is 0.0146. The Balaban J connectivity index is 1.75. The molecule has 0 radical (unpaired) electrons. The van der Waals surface area contributed by atoms with Gasteiger partial charge in [-0.25, -0.2) is 0 Å². The topological polar surface area (TPSA) is 79.3 Å². The SMILES string of the molecule is CCOc1ccc(C2/C(=C(\O)c3ccc4cc(OC)ccc4c3)C(=O)C(=O)N2CCCN(CC)CC)cc1. The number of methoxy groups -OCH3 is 1. The van der Waals surface area contributed by atoms with E-state index in [1.54, 1.807) is 18.1 Å². The number of aliphatic hydroxyl groups excluding tert-OH is 1. The maximum absolute atomic E-state index is 13.4. The van der Waals surface area contributed by atoms with E-state index >= 15 is 0 Å². The average Bonchev–Trinajstić information content (AvgIpc) is 3.20. The number of ether oxygens (including phenoxy) is 2. The van der Waals surface area contributed by atoms with Crippen molar-refractivity contribution in [3.8, 4) is 11.5 Å². The Hall–Kier alpha value is -3.84. The lowest BCUT2D eigenvalue weighted by Crippen LogP contribution is -2.33. The van der Waals surface area contributed by atoms with Gasteiger partial charge in [0.25, 0.3) is 11.7 Å². The van der Waals surface area contributed by atoms with E-state index in [9.17, 15) is 14.7 Å². The number of ketones is 1. The summed E-state index contributed by atoms with van der Waals surface area (Å²) in [5.41, 5.74) is 1.34. The molecule has 1 fully saturated rings. The number of carbonyl (C=O) groups excluding carboxylic acids is 2. The number of benzene rings is 3. The summed E-state index contributed by atoms with van der Waals surface area (Å²) in [4.78, 5) is 30.5. The minimum Gasteiger partial charge on any atom is -0.507 e. The summed E-state index contributed by atoms with van der Waals surface area (Å²) in [5, 5.41) is 13.3. The van der Waals surface area contributed by atoms with Gasteiger partial charge < -0.3 is 24.4 Å². The Morgan fingerprint density at radius 2 is 1.58 bits per heavy atom. The van der Waals surface area contributed by atoms with E-state index in [1.165, 1.54) is 0 Å². The molecule has 1 N–H and O–H groups in total. The zero-order valence-electron chi connectivity index (χ0n) is 22.6. The lowest BCUT2D eigenvalue weighted by atomic mass is 9.94. The molecule has 1 aliphatic rings. The predicted molar refractivity (Wildman–Crippen MR) is 150 cm³/mol. The van der Waals surface area contributed by atoms with Gasteiger partial charge in [0.1, 0.15) is 17.3 Å². The van der Waals surface area contributed by atoms with Crippen molar-refractivity contribution in [3.05, 3.63) is 77.4 Å². The van der Waals surface area contributed by atoms with Crippen LogP contribution in [0.5, 0.6) is 11.5 Å². The fourth-order valence-corrected chi connectivity index (χ4v) is 5.03. The van der Waals surface area contributed by atoms with Crippen molar-refractivity contribution in [1.29, 1.82) is 0 Å². The van der Waals surface area contributed by atoms with E-state index in [1.807, 2.05) is 61.5 Å². The first kappa shape index (κ1) is 27.2. The first-order valence-electron chi connectivity index (χ1n) is 13.2. The van der Waals surface area contributed by atoms with Gasteiger partial charge in [0.2, 0.25) is 0 Å². The highest BCUT2D eigenvalue weighted by molar-refractivity contribution is 6.46. The van der Waals surface area contributed by atoms with Crippen LogP contribution < -0.4 is 9.47 Å². The van der Waals surface area contributed by atoms with Crippen molar-refractivity contribution in [3.63, 3.8) is 0 Å². The number of hydrogen-bond acceptors (Lipinski definition) is 6. The van der Waals surface area contributed by atoms with Gasteiger partial charge in [-0.3, -0.25) is 9.59 Å². The van der Waals surface area contributed by atoms with Gasteiger partial charge >= 0.3 is 0 Å². The number of amides is 1. The van der Waals surface area contributed by atoms with Crippen LogP contribution in [0, 0.1) is 0 Å². The molecule has 0 bridgehead atoms. The molecule has 0 aromatic heterocycles. The molecule has 1 aliphatic heterocycles. The van der Waals surface area contributed by atoms with Gasteiger partial charge in [0.15, 0.2) is 0 Å². The third kappa shape index (κ3) is 5.53. The van der Waals surface area contributed by atoms with Gasteiger partial charge in [-0.2, -0.15) is 0 Å². The highest BCUT2D eigenvalue weighted by Crippen LogP contribution is 2.40. The minimum atomic E-state index is -0.686. The molecule has 1 unspecified atom stereocenters. The zero-order chi connectivity index (χ0) is 27.2. The van der Waals surface area contributed by atoms with Crippen molar-refractivity contribution < 1.29 is 24.2 Å². The molecule has 3 aromatic rings. The molecule has 4 rings (SSSR count). The lowest BCUT2D eigenvalue weighted by Gasteiger charge is -2.27. The third-order valence-electron chi connectivity index (χ3n) is 7.14. The first-order valence-corrected chi connectivity index (χ1v) is 13.2. The van der Waals surface area contributed by atoms with Crippen molar-refractivity contribution in [2.24, 2.45) is 0 Å². The number of Topliss-reactive ketones (excluding diaryl/α,β-unsaturated/α-hetero) is 1. The number of aliphatic hydroxyl groups is 1. The van der Waals surface area contributed by atoms with Crippen LogP contribution in [-0.2, 0) is 9.59 Å². The van der Waals surface area contributed by atoms with Crippen LogP contribution in [-0.4, -0.2) is 66.5 Å². The number of hydrogen-bond donors (Lipinski definition) is 1. The molecule has 200 valence electrons. The normalized spacial score (nSPS) is 17.0. The van der Waals surface area contributed by atoms with E-state index < -0.39 is 17.7 Å². The summed E-state index contributed by atoms with van der Waals surface area (Å²) >= 11 is 0. The number of carbonyl (C=O) groups is 2. The zero-order valence-corrected chi connectivity index (χ0v) is 22.6. The quantitative estimate of drug-likeness (QED) is 0.209. The molecule has 7 heteroatoms. The van der Waals surface area contributed by atoms with Crippen molar-refractivity contribution in [2.45, 2.75) is 33.2 Å². The fourth-order valence-electron chi connectivity index (χ4n) is 5.03. The number of nitrogens with zero attached hydrogens (tertiary/aromatic N) is 2. The third-order valence-corrected chi connectivity index (χ3v) is 7.14. The molecule has 0 saturated carbocycles. The number of rotatable bonds is 11. The molecule has 0 spiro atoms. The summed E-state index contributed by atoms with van der Waals surface area (Å²) in [7, 11) is 1.61. The van der Waals surface area contributed by atoms with E-state index in [0.717, 1.165) is 48.1 Å². The fraction of sp³-hybridized carbons (Fsp3) is 0.355. The monoisotopic (exact) mass is 516 g/mol. The Labute approximate surface area is 224 Å². The van der Waals surface area contributed by atoms with Gasteiger partial charge in [-0.15, -0.1) is 0 Å². The summed E-state index contributed by atoms with van der Waals surface area (Å²) in [6.07, 6.45) is 0.722. The standard InChI is InChI=1S/C31H36N2O5/c1-5-32(6-2)17-8-18-33-28(21-11-14-25(15-12-21)38-7-3)27(30(35)31(33)36)29(34)24-10-9-23-20-26(37-4)16-13-22(23)19-24/h9-16,19-20,28,34H,5-8,17-18H2,1-4H3/b29-27+. The molecule has 7 nitrogen and oxygen atoms in total. The van der Waals surface area contributed by atoms with E-state index in [0.29, 0.717) is 24.5 Å². The Morgan fingerprint density at radius 3 is 2.24 bits per heavy atom. The second-order valence-corrected chi connectivity index (χ2v) is 9.30. The van der Waals surface area contributed by atoms with Crippen LogP contribution in [0.3, 0.4) is 0 Å². The molecule has 3 aromatic carbocycles. The van der Waals surface area contributed by atoms with Crippen molar-refractivity contribution in [2.75, 3.05) is 39.9 Å². The Kier molecular flexibility index (Phi) is 8.69. The second-order valence-electron chi connectivity index (χ2n) is 9.30. The number of fused-ring (bicyclic) bond motifs is 1. The molecule has 1 saturated heterocycles. The van der Waals surface area contributed by atoms with Crippen LogP contribution >= 0.6 is 0 Å². The highest BCUT2D eigenvalue weighted by atomic mass is 16.5. The van der Waals surface area contributed by atoms with Crippen LogP contribution in [0.2, 0.25) is 0 Å². The van der Waals surface area contributed by atoms with E-state index in [2.05, 4.69) is 18.7 Å². The summed E-state index contributed by atoms with van der Waals surface area (Å²) in [6, 6.07) is 17.8. The summed E-state index contributed by atoms with van der Waals surface area (Å²) < 4.78 is 10.9. The lowest BCUT2D eigenvalue weighted by molar-refractivity contribution is -0.140. The number of likely N-dealkylation sites (tertiary alicyclic amines) is 1. The molecular weight excluding hydrogens is 480 g/mol. The predicted octanol–water partition coefficient (Wildman–Crippen LogP) is 5.40. The van der Waals surface area contributed by atoms with Gasteiger partial charge in [0.05, 0.1) is 25.3 Å². The van der Waals surface area contributed by atoms with Gasteiger partial charge in [0, 0.05) is 12.1 Å². The molecular formula is C31H36N2O5. The molecule has 1 atom stereocenters. The van der Waals surface area contributed by atoms with Crippen LogP contribution in [0.15, 0.2) is 66.2 Å². The minimum absolute atomic E-state index is 0.106. The smallest absolute Gasteiger partial charge is 0.295 e. The summed E-state index contributed by atoms with van der Waals surface area (Å²) in [6.45, 7) is 9.74. The molecule has 0 aliphatic carbocycles.